The zero-order chi connectivity index (χ0) is 24.5. The minimum Gasteiger partial charge on any atom is -0.356 e. The molecular formula is C27H34N6O2. The third-order valence-electron chi connectivity index (χ3n) is 7.10. The molecule has 0 bridgehead atoms. The predicted octanol–water partition coefficient (Wildman–Crippen LogP) is 4.66. The largest absolute Gasteiger partial charge is 0.356 e. The Hall–Kier alpha value is -3.42. The third kappa shape index (κ3) is 4.74. The van der Waals surface area contributed by atoms with Gasteiger partial charge in [-0.3, -0.25) is 9.59 Å². The maximum Gasteiger partial charge on any atom is 0.256 e. The van der Waals surface area contributed by atoms with Gasteiger partial charge in [-0.1, -0.05) is 11.6 Å². The van der Waals surface area contributed by atoms with E-state index in [1.807, 2.05) is 40.6 Å². The molecule has 3 aromatic rings. The number of nitrogens with zero attached hydrogens (tertiary/aromatic N) is 5. The molecule has 1 N–H and O–H groups in total. The summed E-state index contributed by atoms with van der Waals surface area (Å²) < 4.78 is 1.85. The van der Waals surface area contributed by atoms with Gasteiger partial charge in [0.25, 0.3) is 5.91 Å². The highest BCUT2D eigenvalue weighted by molar-refractivity contribution is 6.03. The maximum absolute atomic E-state index is 13.8. The van der Waals surface area contributed by atoms with Gasteiger partial charge < -0.3 is 15.1 Å². The highest BCUT2D eigenvalue weighted by Gasteiger charge is 2.32. The summed E-state index contributed by atoms with van der Waals surface area (Å²) in [6.45, 7) is 8.26. The van der Waals surface area contributed by atoms with Gasteiger partial charge in [0.1, 0.15) is 5.82 Å². The van der Waals surface area contributed by atoms with E-state index in [9.17, 15) is 9.59 Å². The summed E-state index contributed by atoms with van der Waals surface area (Å²) in [5, 5.41) is 7.69. The summed E-state index contributed by atoms with van der Waals surface area (Å²) >= 11 is 0. The van der Waals surface area contributed by atoms with E-state index in [4.69, 9.17) is 10.1 Å². The van der Waals surface area contributed by atoms with E-state index in [0.29, 0.717) is 17.8 Å². The molecular weight excluding hydrogens is 440 g/mol. The molecule has 8 nitrogen and oxygen atoms in total. The van der Waals surface area contributed by atoms with Gasteiger partial charge in [-0.25, -0.2) is 9.50 Å². The van der Waals surface area contributed by atoms with Crippen molar-refractivity contribution in [1.82, 2.24) is 19.5 Å². The van der Waals surface area contributed by atoms with Crippen LogP contribution in [0.15, 0.2) is 30.5 Å². The van der Waals surface area contributed by atoms with Gasteiger partial charge in [0.2, 0.25) is 5.91 Å². The predicted molar refractivity (Wildman–Crippen MR) is 137 cm³/mol. The topological polar surface area (TPSA) is 82.8 Å². The summed E-state index contributed by atoms with van der Waals surface area (Å²) in [4.78, 5) is 34.8. The number of fused-ring (bicyclic) bond motifs is 1. The molecule has 1 unspecified atom stereocenters. The van der Waals surface area contributed by atoms with Crippen LogP contribution in [0.5, 0.6) is 0 Å². The summed E-state index contributed by atoms with van der Waals surface area (Å²) in [6.07, 6.45) is 8.60. The average Bonchev–Trinajstić information content (AvgIpc) is 3.27. The monoisotopic (exact) mass is 474 g/mol. The van der Waals surface area contributed by atoms with E-state index < -0.39 is 0 Å². The smallest absolute Gasteiger partial charge is 0.256 e. The number of piperidine rings is 2. The molecule has 35 heavy (non-hydrogen) atoms. The molecule has 0 spiro atoms. The minimum absolute atomic E-state index is 0.0719. The molecule has 2 amide bonds. The van der Waals surface area contributed by atoms with Crippen molar-refractivity contribution in [1.29, 1.82) is 0 Å². The second kappa shape index (κ2) is 9.68. The van der Waals surface area contributed by atoms with Crippen LogP contribution >= 0.6 is 0 Å². The fourth-order valence-electron chi connectivity index (χ4n) is 5.38. The molecule has 0 aliphatic carbocycles. The molecule has 1 atom stereocenters. The summed E-state index contributed by atoms with van der Waals surface area (Å²) in [7, 11) is 0. The molecule has 5 rings (SSSR count). The van der Waals surface area contributed by atoms with E-state index in [2.05, 4.69) is 23.3 Å². The number of carbonyl (C=O) groups excluding carboxylic acids is 2. The van der Waals surface area contributed by atoms with Crippen molar-refractivity contribution >= 4 is 29.0 Å². The number of aromatic nitrogens is 3. The van der Waals surface area contributed by atoms with Crippen molar-refractivity contribution in [2.24, 2.45) is 0 Å². The van der Waals surface area contributed by atoms with E-state index >= 15 is 0 Å². The lowest BCUT2D eigenvalue weighted by Gasteiger charge is -2.35. The quantitative estimate of drug-likeness (QED) is 0.595. The summed E-state index contributed by atoms with van der Waals surface area (Å²) in [5.74, 6) is 0.779. The van der Waals surface area contributed by atoms with Gasteiger partial charge in [0.05, 0.1) is 23.0 Å². The van der Waals surface area contributed by atoms with E-state index in [1.165, 1.54) is 26.2 Å². The molecule has 4 heterocycles. The van der Waals surface area contributed by atoms with Gasteiger partial charge in [-0.15, -0.1) is 0 Å². The number of nitrogens with one attached hydrogen (secondary N) is 1. The van der Waals surface area contributed by atoms with Gasteiger partial charge in [0, 0.05) is 44.4 Å². The van der Waals surface area contributed by atoms with Crippen LogP contribution in [0, 0.1) is 13.8 Å². The first-order valence-electron chi connectivity index (χ1n) is 12.7. The zero-order valence-electron chi connectivity index (χ0n) is 20.9. The first-order valence-corrected chi connectivity index (χ1v) is 12.7. The molecule has 2 saturated heterocycles. The Kier molecular flexibility index (Phi) is 6.45. The zero-order valence-corrected chi connectivity index (χ0v) is 20.9. The van der Waals surface area contributed by atoms with Crippen molar-refractivity contribution in [3.63, 3.8) is 0 Å². The Balaban J connectivity index is 1.48. The van der Waals surface area contributed by atoms with Gasteiger partial charge in [-0.2, -0.15) is 5.10 Å². The van der Waals surface area contributed by atoms with Crippen LogP contribution in [0.2, 0.25) is 0 Å². The molecule has 0 radical (unpaired) electrons. The molecule has 0 saturated carbocycles. The molecule has 2 aliphatic rings. The molecule has 8 heteroatoms. The van der Waals surface area contributed by atoms with Crippen LogP contribution in [0.1, 0.15) is 78.7 Å². The van der Waals surface area contributed by atoms with Gasteiger partial charge in [-0.05, 0) is 64.5 Å². The van der Waals surface area contributed by atoms with Crippen molar-refractivity contribution < 1.29 is 9.59 Å². The maximum atomic E-state index is 13.8. The number of anilines is 2. The van der Waals surface area contributed by atoms with Crippen molar-refractivity contribution in [2.75, 3.05) is 29.9 Å². The highest BCUT2D eigenvalue weighted by Crippen LogP contribution is 2.34. The first-order chi connectivity index (χ1) is 16.9. The number of hydrogen-bond acceptors (Lipinski definition) is 5. The Morgan fingerprint density at radius 3 is 2.54 bits per heavy atom. The Morgan fingerprint density at radius 1 is 1.00 bits per heavy atom. The molecule has 2 fully saturated rings. The molecule has 2 aromatic heterocycles. The second-order valence-corrected chi connectivity index (χ2v) is 9.91. The number of benzene rings is 1. The molecule has 2 aliphatic heterocycles. The fourth-order valence-corrected chi connectivity index (χ4v) is 5.38. The number of amides is 2. The van der Waals surface area contributed by atoms with Crippen LogP contribution < -0.4 is 10.2 Å². The number of rotatable bonds is 4. The number of likely N-dealkylation sites (tertiary alicyclic amines) is 1. The van der Waals surface area contributed by atoms with Gasteiger partial charge in [0.15, 0.2) is 5.65 Å². The van der Waals surface area contributed by atoms with Crippen molar-refractivity contribution in [3.8, 4) is 0 Å². The SMILES string of the molecule is CC(=O)Nc1ccc(C)cc1C(=O)N1CCCCC1c1cc2nc(N3CCCCC3)c(C)cn2n1. The highest BCUT2D eigenvalue weighted by atomic mass is 16.2. The second-order valence-electron chi connectivity index (χ2n) is 9.91. The minimum atomic E-state index is -0.190. The molecule has 184 valence electrons. The van der Waals surface area contributed by atoms with Crippen molar-refractivity contribution in [3.05, 3.63) is 52.8 Å². The number of hydrogen-bond donors (Lipinski definition) is 1. The summed E-state index contributed by atoms with van der Waals surface area (Å²) in [6, 6.07) is 7.49. The van der Waals surface area contributed by atoms with E-state index in [0.717, 1.165) is 60.6 Å². The van der Waals surface area contributed by atoms with Crippen LogP contribution in [0.25, 0.3) is 5.65 Å². The van der Waals surface area contributed by atoms with Crippen LogP contribution in [-0.4, -0.2) is 50.9 Å². The molecule has 1 aromatic carbocycles. The van der Waals surface area contributed by atoms with E-state index in [-0.39, 0.29) is 17.9 Å². The third-order valence-corrected chi connectivity index (χ3v) is 7.10. The lowest BCUT2D eigenvalue weighted by atomic mass is 9.97. The lowest BCUT2D eigenvalue weighted by molar-refractivity contribution is -0.114. The van der Waals surface area contributed by atoms with Crippen molar-refractivity contribution in [2.45, 2.75) is 65.3 Å². The lowest BCUT2D eigenvalue weighted by Crippen LogP contribution is -2.39. The fraction of sp³-hybridized carbons (Fsp3) is 0.481. The average molecular weight is 475 g/mol. The van der Waals surface area contributed by atoms with Crippen LogP contribution in [-0.2, 0) is 4.79 Å². The Morgan fingerprint density at radius 2 is 1.77 bits per heavy atom. The normalized spacial score (nSPS) is 18.7. The Labute approximate surface area is 206 Å². The standard InChI is InChI=1S/C27H34N6O2/c1-18-10-11-22(28-20(3)34)21(15-18)27(35)32-14-8-5-9-24(32)23-16-25-29-26(19(2)17-33(25)30-23)31-12-6-4-7-13-31/h10-11,15-17,24H,4-9,12-14H2,1-3H3,(H,28,34). The number of carbonyl (C=O) groups is 2. The Bertz CT molecular complexity index is 1260. The van der Waals surface area contributed by atoms with Gasteiger partial charge >= 0.3 is 0 Å². The summed E-state index contributed by atoms with van der Waals surface area (Å²) in [5.41, 5.74) is 4.86. The first kappa shape index (κ1) is 23.3. The van der Waals surface area contributed by atoms with E-state index in [1.54, 1.807) is 0 Å². The van der Waals surface area contributed by atoms with Crippen LogP contribution in [0.4, 0.5) is 11.5 Å². The number of aryl methyl sites for hydroxylation is 2. The van der Waals surface area contributed by atoms with Crippen LogP contribution in [0.3, 0.4) is 0 Å².